The van der Waals surface area contributed by atoms with E-state index in [-0.39, 0.29) is 41.9 Å². The average molecular weight is 425 g/mol. The summed E-state index contributed by atoms with van der Waals surface area (Å²) in [5.74, 6) is 0.954. The minimum absolute atomic E-state index is 0.0381. The first kappa shape index (κ1) is 22.3. The number of likely N-dealkylation sites (tertiary alicyclic amines) is 1. The summed E-state index contributed by atoms with van der Waals surface area (Å²) in [6.45, 7) is 17.8. The Morgan fingerprint density at radius 2 is 1.66 bits per heavy atom. The van der Waals surface area contributed by atoms with Crippen molar-refractivity contribution in [1.82, 2.24) is 14.5 Å². The lowest BCUT2D eigenvalue weighted by atomic mass is 9.79. The topological polar surface area (TPSA) is 82.1 Å². The lowest BCUT2D eigenvalue weighted by Crippen LogP contribution is -2.60. The van der Waals surface area contributed by atoms with Crippen molar-refractivity contribution in [2.45, 2.75) is 79.1 Å². The molecule has 29 heavy (non-hydrogen) atoms. The van der Waals surface area contributed by atoms with Gasteiger partial charge < -0.3 is 9.80 Å². The fourth-order valence-corrected chi connectivity index (χ4v) is 6.29. The van der Waals surface area contributed by atoms with E-state index in [1.54, 1.807) is 4.90 Å². The van der Waals surface area contributed by atoms with Gasteiger partial charge in [-0.25, -0.2) is 13.1 Å². The Hall–Kier alpha value is -1.41. The first-order valence-corrected chi connectivity index (χ1v) is 12.0. The molecule has 8 heteroatoms. The number of aliphatic imine (C=N–C) groups is 1. The third-order valence-corrected chi connectivity index (χ3v) is 7.85. The Labute approximate surface area is 175 Å². The van der Waals surface area contributed by atoms with Crippen LogP contribution in [0.5, 0.6) is 0 Å². The molecule has 0 aliphatic carbocycles. The molecule has 7 nitrogen and oxygen atoms in total. The zero-order valence-corrected chi connectivity index (χ0v) is 19.9. The number of sulfonamides is 1. The van der Waals surface area contributed by atoms with Gasteiger partial charge in [-0.05, 0) is 17.9 Å². The standard InChI is InChI=1S/C21H36N4O3S/c1-13-18(20(3,4)5)17-9-15(10-25(17)19(22-13)21(6,7)8)23-29(27,28)16-11-24(12-16)14(2)26/h13,15-16,23H,9-12H2,1-8H3/t13-,15-/m0/s1. The highest BCUT2D eigenvalue weighted by Crippen LogP contribution is 2.43. The second-order valence-corrected chi connectivity index (χ2v) is 12.7. The van der Waals surface area contributed by atoms with Gasteiger partial charge >= 0.3 is 0 Å². The zero-order chi connectivity index (χ0) is 21.9. The van der Waals surface area contributed by atoms with Crippen LogP contribution in [0.1, 0.15) is 61.8 Å². The molecule has 0 unspecified atom stereocenters. The van der Waals surface area contributed by atoms with Crippen LogP contribution in [0, 0.1) is 10.8 Å². The third-order valence-electron chi connectivity index (χ3n) is 6.01. The number of nitrogens with zero attached hydrogens (tertiary/aromatic N) is 3. The maximum absolute atomic E-state index is 12.8. The highest BCUT2D eigenvalue weighted by molar-refractivity contribution is 7.90. The second kappa shape index (κ2) is 7.08. The normalized spacial score (nSPS) is 26.4. The molecule has 0 aromatic rings. The van der Waals surface area contributed by atoms with E-state index in [2.05, 4.69) is 58.1 Å². The number of carbonyl (C=O) groups is 1. The first-order chi connectivity index (χ1) is 13.1. The molecule has 0 aromatic carbocycles. The predicted octanol–water partition coefficient (Wildman–Crippen LogP) is 2.36. The number of fused-ring (bicyclic) bond motifs is 1. The van der Waals surface area contributed by atoms with Crippen molar-refractivity contribution in [3.05, 3.63) is 11.3 Å². The van der Waals surface area contributed by atoms with Crippen LogP contribution in [0.4, 0.5) is 0 Å². The van der Waals surface area contributed by atoms with Crippen molar-refractivity contribution in [2.75, 3.05) is 19.6 Å². The van der Waals surface area contributed by atoms with E-state index in [0.717, 1.165) is 5.84 Å². The summed E-state index contributed by atoms with van der Waals surface area (Å²) in [6.07, 6.45) is 0.675. The smallest absolute Gasteiger partial charge is 0.219 e. The Balaban J connectivity index is 1.84. The van der Waals surface area contributed by atoms with E-state index in [4.69, 9.17) is 4.99 Å². The fraction of sp³-hybridized carbons (Fsp3) is 0.810. The molecule has 3 heterocycles. The molecule has 2 fully saturated rings. The van der Waals surface area contributed by atoms with Crippen LogP contribution in [0.2, 0.25) is 0 Å². The van der Waals surface area contributed by atoms with Gasteiger partial charge in [-0.15, -0.1) is 0 Å². The summed E-state index contributed by atoms with van der Waals surface area (Å²) in [5.41, 5.74) is 2.35. The lowest BCUT2D eigenvalue weighted by molar-refractivity contribution is -0.131. The molecule has 3 aliphatic heterocycles. The van der Waals surface area contributed by atoms with E-state index >= 15 is 0 Å². The summed E-state index contributed by atoms with van der Waals surface area (Å²) < 4.78 is 28.6. The van der Waals surface area contributed by atoms with Gasteiger partial charge in [0.05, 0.1) is 6.04 Å². The monoisotopic (exact) mass is 424 g/mol. The van der Waals surface area contributed by atoms with Gasteiger partial charge in [0.25, 0.3) is 0 Å². The van der Waals surface area contributed by atoms with Gasteiger partial charge in [0.1, 0.15) is 11.1 Å². The number of hydrogen-bond acceptors (Lipinski definition) is 5. The van der Waals surface area contributed by atoms with Crippen molar-refractivity contribution in [3.63, 3.8) is 0 Å². The van der Waals surface area contributed by atoms with Gasteiger partial charge in [-0.3, -0.25) is 9.79 Å². The summed E-state index contributed by atoms with van der Waals surface area (Å²) in [7, 11) is -3.47. The van der Waals surface area contributed by atoms with Crippen LogP contribution in [-0.4, -0.2) is 66.9 Å². The molecule has 164 valence electrons. The van der Waals surface area contributed by atoms with E-state index in [0.29, 0.717) is 13.0 Å². The fourth-order valence-electron chi connectivity index (χ4n) is 4.72. The van der Waals surface area contributed by atoms with Gasteiger partial charge in [-0.1, -0.05) is 41.5 Å². The van der Waals surface area contributed by atoms with Crippen LogP contribution in [0.3, 0.4) is 0 Å². The maximum atomic E-state index is 12.8. The summed E-state index contributed by atoms with van der Waals surface area (Å²) >= 11 is 0. The molecular formula is C21H36N4O3S. The molecule has 3 aliphatic rings. The quantitative estimate of drug-likeness (QED) is 0.754. The number of amides is 1. The summed E-state index contributed by atoms with van der Waals surface area (Å²) in [4.78, 5) is 20.2. The van der Waals surface area contributed by atoms with Crippen LogP contribution in [0.25, 0.3) is 0 Å². The Morgan fingerprint density at radius 1 is 1.07 bits per heavy atom. The largest absolute Gasteiger partial charge is 0.340 e. The SMILES string of the molecule is CC(=O)N1CC(S(=O)(=O)N[C@H]2CC3=C(C(C)(C)C)[C@H](C)N=C(C(C)(C)C)N3C2)C1. The minimum atomic E-state index is -3.47. The van der Waals surface area contributed by atoms with Crippen molar-refractivity contribution >= 4 is 21.8 Å². The minimum Gasteiger partial charge on any atom is -0.340 e. The molecule has 0 spiro atoms. The molecule has 0 saturated carbocycles. The van der Waals surface area contributed by atoms with Crippen LogP contribution in [0.15, 0.2) is 16.3 Å². The zero-order valence-electron chi connectivity index (χ0n) is 19.0. The van der Waals surface area contributed by atoms with Crippen LogP contribution < -0.4 is 4.72 Å². The van der Waals surface area contributed by atoms with Crippen molar-refractivity contribution in [1.29, 1.82) is 0 Å². The van der Waals surface area contributed by atoms with E-state index in [1.807, 2.05) is 0 Å². The first-order valence-electron chi connectivity index (χ1n) is 10.5. The molecule has 0 bridgehead atoms. The average Bonchev–Trinajstić information content (AvgIpc) is 2.82. The van der Waals surface area contributed by atoms with E-state index in [9.17, 15) is 13.2 Å². The summed E-state index contributed by atoms with van der Waals surface area (Å²) in [5, 5.41) is -0.519. The number of rotatable bonds is 3. The molecule has 1 N–H and O–H groups in total. The Bertz CT molecular complexity index is 855. The Kier molecular flexibility index (Phi) is 5.44. The molecular weight excluding hydrogens is 388 g/mol. The highest BCUT2D eigenvalue weighted by Gasteiger charge is 2.45. The van der Waals surface area contributed by atoms with Crippen molar-refractivity contribution in [3.8, 4) is 0 Å². The highest BCUT2D eigenvalue weighted by atomic mass is 32.2. The van der Waals surface area contributed by atoms with Gasteiger partial charge in [-0.2, -0.15) is 0 Å². The van der Waals surface area contributed by atoms with Gasteiger partial charge in [0.2, 0.25) is 15.9 Å². The molecule has 3 rings (SSSR count). The molecule has 0 radical (unpaired) electrons. The predicted molar refractivity (Wildman–Crippen MR) is 116 cm³/mol. The second-order valence-electron chi connectivity index (χ2n) is 10.7. The molecule has 0 aromatic heterocycles. The molecule has 2 atom stereocenters. The third kappa shape index (κ3) is 4.24. The molecule has 1 amide bonds. The van der Waals surface area contributed by atoms with Crippen molar-refractivity contribution < 1.29 is 13.2 Å². The van der Waals surface area contributed by atoms with E-state index in [1.165, 1.54) is 18.2 Å². The number of amidine groups is 1. The van der Waals surface area contributed by atoms with Crippen molar-refractivity contribution in [2.24, 2.45) is 15.8 Å². The van der Waals surface area contributed by atoms with Gasteiger partial charge in [0.15, 0.2) is 0 Å². The number of nitrogens with one attached hydrogen (secondary N) is 1. The maximum Gasteiger partial charge on any atom is 0.219 e. The van der Waals surface area contributed by atoms with Gasteiger partial charge in [0, 0.05) is 50.1 Å². The number of carbonyl (C=O) groups excluding carboxylic acids is 1. The van der Waals surface area contributed by atoms with E-state index < -0.39 is 15.3 Å². The van der Waals surface area contributed by atoms with Crippen LogP contribution in [-0.2, 0) is 14.8 Å². The molecule has 2 saturated heterocycles. The Morgan fingerprint density at radius 3 is 2.14 bits per heavy atom. The summed E-state index contributed by atoms with van der Waals surface area (Å²) in [6, 6.07) is -0.0989. The lowest BCUT2D eigenvalue weighted by Gasteiger charge is -2.41. The number of hydrogen-bond donors (Lipinski definition) is 1. The van der Waals surface area contributed by atoms with Crippen LogP contribution >= 0.6 is 0 Å².